The quantitative estimate of drug-likeness (QED) is 0.585. The van der Waals surface area contributed by atoms with Gasteiger partial charge in [-0.3, -0.25) is 0 Å². The lowest BCUT2D eigenvalue weighted by atomic mass is 10.3. The molecule has 1 N–H and O–H groups in total. The van der Waals surface area contributed by atoms with Crippen LogP contribution in [0.1, 0.15) is 0 Å². The largest absolute Gasteiger partial charge is 0.491 e. The number of aromatic nitrogens is 4. The summed E-state index contributed by atoms with van der Waals surface area (Å²) >= 11 is 1.39. The van der Waals surface area contributed by atoms with E-state index in [9.17, 15) is 5.11 Å². The number of tetrazole rings is 1. The van der Waals surface area contributed by atoms with E-state index in [1.165, 1.54) is 11.8 Å². The predicted octanol–water partition coefficient (Wildman–Crippen LogP) is 1.39. The van der Waals surface area contributed by atoms with Crippen molar-refractivity contribution in [1.29, 1.82) is 0 Å². The third-order valence-electron chi connectivity index (χ3n) is 2.39. The predicted molar refractivity (Wildman–Crippen MR) is 76.7 cm³/mol. The van der Waals surface area contributed by atoms with Gasteiger partial charge in [-0.1, -0.05) is 36.0 Å². The summed E-state index contributed by atoms with van der Waals surface area (Å²) in [4.78, 5) is 0. The number of nitrogens with zero attached hydrogens (tertiary/aromatic N) is 4. The van der Waals surface area contributed by atoms with Gasteiger partial charge in [0.15, 0.2) is 0 Å². The van der Waals surface area contributed by atoms with E-state index in [0.717, 1.165) is 5.75 Å². The number of hydrogen-bond acceptors (Lipinski definition) is 6. The highest BCUT2D eigenvalue weighted by atomic mass is 32.2. The van der Waals surface area contributed by atoms with Crippen LogP contribution in [0.3, 0.4) is 0 Å². The third kappa shape index (κ3) is 4.36. The van der Waals surface area contributed by atoms with Crippen molar-refractivity contribution in [3.8, 4) is 5.75 Å². The van der Waals surface area contributed by atoms with Crippen LogP contribution < -0.4 is 4.74 Å². The lowest BCUT2D eigenvalue weighted by molar-refractivity contribution is 0.126. The molecule has 0 aliphatic carbocycles. The average molecular weight is 292 g/mol. The van der Waals surface area contributed by atoms with E-state index in [1.54, 1.807) is 10.8 Å². The van der Waals surface area contributed by atoms with Crippen molar-refractivity contribution in [3.63, 3.8) is 0 Å². The van der Waals surface area contributed by atoms with E-state index >= 15 is 0 Å². The average Bonchev–Trinajstić information content (AvgIpc) is 2.92. The first-order chi connectivity index (χ1) is 9.79. The minimum Gasteiger partial charge on any atom is -0.491 e. The van der Waals surface area contributed by atoms with E-state index in [-0.39, 0.29) is 6.61 Å². The molecular formula is C13H16N4O2S. The normalized spacial score (nSPS) is 12.1. The molecule has 1 aromatic carbocycles. The summed E-state index contributed by atoms with van der Waals surface area (Å²) < 4.78 is 7.10. The number of ether oxygens (including phenoxy) is 1. The van der Waals surface area contributed by atoms with E-state index in [1.807, 2.05) is 30.3 Å². The monoisotopic (exact) mass is 292 g/mol. The fraction of sp³-hybridized carbons (Fsp3) is 0.308. The van der Waals surface area contributed by atoms with Crippen molar-refractivity contribution in [3.05, 3.63) is 43.0 Å². The van der Waals surface area contributed by atoms with Gasteiger partial charge in [0.2, 0.25) is 5.16 Å². The van der Waals surface area contributed by atoms with Crippen molar-refractivity contribution in [2.24, 2.45) is 0 Å². The zero-order chi connectivity index (χ0) is 14.2. The second-order valence-electron chi connectivity index (χ2n) is 4.02. The maximum Gasteiger partial charge on any atom is 0.209 e. The fourth-order valence-corrected chi connectivity index (χ4v) is 2.26. The summed E-state index contributed by atoms with van der Waals surface area (Å²) in [6, 6.07) is 9.40. The minimum atomic E-state index is -0.589. The summed E-state index contributed by atoms with van der Waals surface area (Å²) in [5.74, 6) is 1.21. The van der Waals surface area contributed by atoms with Crippen LogP contribution in [0.25, 0.3) is 0 Å². The highest BCUT2D eigenvalue weighted by Gasteiger charge is 2.10. The van der Waals surface area contributed by atoms with Crippen LogP contribution in [0.2, 0.25) is 0 Å². The van der Waals surface area contributed by atoms with Crippen LogP contribution in [0.4, 0.5) is 0 Å². The zero-order valence-electron chi connectivity index (χ0n) is 10.9. The number of rotatable bonds is 8. The van der Waals surface area contributed by atoms with Gasteiger partial charge in [0.25, 0.3) is 0 Å². The van der Waals surface area contributed by atoms with Crippen LogP contribution in [0.5, 0.6) is 5.75 Å². The minimum absolute atomic E-state index is 0.236. The summed E-state index contributed by atoms with van der Waals surface area (Å²) in [6.07, 6.45) is 1.13. The number of para-hydroxylation sites is 1. The number of thioether (sulfide) groups is 1. The Balaban J connectivity index is 1.76. The molecule has 0 aliphatic heterocycles. The molecule has 1 aromatic heterocycles. The van der Waals surface area contributed by atoms with Crippen LogP contribution in [0, 0.1) is 0 Å². The van der Waals surface area contributed by atoms with Crippen molar-refractivity contribution in [2.75, 3.05) is 12.4 Å². The molecule has 0 saturated carbocycles. The Morgan fingerprint density at radius 1 is 1.40 bits per heavy atom. The van der Waals surface area contributed by atoms with Gasteiger partial charge in [-0.25, -0.2) is 4.68 Å². The Morgan fingerprint density at radius 2 is 2.20 bits per heavy atom. The van der Waals surface area contributed by atoms with Gasteiger partial charge in [-0.2, -0.15) is 0 Å². The first-order valence-electron chi connectivity index (χ1n) is 6.15. The van der Waals surface area contributed by atoms with Gasteiger partial charge in [0.05, 0.1) is 12.6 Å². The standard InChI is InChI=1S/C13H16N4O2S/c1-2-8-17-13(14-15-16-17)20-10-11(18)9-19-12-6-4-3-5-7-12/h2-7,11,18H,1,8-10H2/t11-/m1/s1. The Morgan fingerprint density at radius 3 is 2.95 bits per heavy atom. The van der Waals surface area contributed by atoms with Crippen LogP contribution in [-0.4, -0.2) is 43.8 Å². The Hall–Kier alpha value is -1.86. The molecule has 0 saturated heterocycles. The number of aliphatic hydroxyl groups is 1. The molecule has 1 atom stereocenters. The van der Waals surface area contributed by atoms with Crippen LogP contribution >= 0.6 is 11.8 Å². The molecular weight excluding hydrogens is 276 g/mol. The van der Waals surface area contributed by atoms with Crippen molar-refractivity contribution in [2.45, 2.75) is 17.8 Å². The number of aliphatic hydroxyl groups excluding tert-OH is 1. The highest BCUT2D eigenvalue weighted by molar-refractivity contribution is 7.99. The van der Waals surface area contributed by atoms with Crippen LogP contribution in [0.15, 0.2) is 48.1 Å². The first kappa shape index (κ1) is 14.5. The molecule has 0 bridgehead atoms. The van der Waals surface area contributed by atoms with Crippen molar-refractivity contribution < 1.29 is 9.84 Å². The maximum atomic E-state index is 9.89. The number of benzene rings is 1. The van der Waals surface area contributed by atoms with E-state index in [0.29, 0.717) is 17.5 Å². The molecule has 2 aromatic rings. The van der Waals surface area contributed by atoms with E-state index in [4.69, 9.17) is 4.74 Å². The first-order valence-corrected chi connectivity index (χ1v) is 7.14. The summed E-state index contributed by atoms with van der Waals surface area (Å²) in [5.41, 5.74) is 0. The molecule has 0 spiro atoms. The maximum absolute atomic E-state index is 9.89. The molecule has 0 unspecified atom stereocenters. The van der Waals surface area contributed by atoms with Gasteiger partial charge < -0.3 is 9.84 Å². The smallest absolute Gasteiger partial charge is 0.209 e. The Labute approximate surface area is 121 Å². The van der Waals surface area contributed by atoms with Gasteiger partial charge in [-0.05, 0) is 22.6 Å². The lowest BCUT2D eigenvalue weighted by Crippen LogP contribution is -2.20. The molecule has 1 heterocycles. The fourth-order valence-electron chi connectivity index (χ4n) is 1.46. The van der Waals surface area contributed by atoms with E-state index < -0.39 is 6.10 Å². The molecule has 2 rings (SSSR count). The van der Waals surface area contributed by atoms with E-state index in [2.05, 4.69) is 22.1 Å². The zero-order valence-corrected chi connectivity index (χ0v) is 11.7. The van der Waals surface area contributed by atoms with Gasteiger partial charge in [0.1, 0.15) is 12.4 Å². The Bertz CT molecular complexity index is 532. The number of hydrogen-bond donors (Lipinski definition) is 1. The highest BCUT2D eigenvalue weighted by Crippen LogP contribution is 2.16. The SMILES string of the molecule is C=CCn1nnnc1SC[C@H](O)COc1ccccc1. The molecule has 20 heavy (non-hydrogen) atoms. The van der Waals surface area contributed by atoms with Crippen molar-refractivity contribution in [1.82, 2.24) is 20.2 Å². The third-order valence-corrected chi connectivity index (χ3v) is 3.49. The molecule has 0 fully saturated rings. The molecule has 0 radical (unpaired) electrons. The molecule has 6 nitrogen and oxygen atoms in total. The van der Waals surface area contributed by atoms with Crippen molar-refractivity contribution >= 4 is 11.8 Å². The lowest BCUT2D eigenvalue weighted by Gasteiger charge is -2.11. The molecule has 0 amide bonds. The second kappa shape index (κ2) is 7.66. The van der Waals surface area contributed by atoms with Gasteiger partial charge in [0, 0.05) is 5.75 Å². The summed E-state index contributed by atoms with van der Waals surface area (Å²) in [5, 5.41) is 21.9. The van der Waals surface area contributed by atoms with Crippen LogP contribution in [-0.2, 0) is 6.54 Å². The summed E-state index contributed by atoms with van der Waals surface area (Å²) in [6.45, 7) is 4.42. The number of allylic oxidation sites excluding steroid dienone is 1. The summed E-state index contributed by atoms with van der Waals surface area (Å²) in [7, 11) is 0. The molecule has 7 heteroatoms. The topological polar surface area (TPSA) is 73.1 Å². The molecule has 0 aliphatic rings. The van der Waals surface area contributed by atoms with Gasteiger partial charge >= 0.3 is 0 Å². The molecule has 106 valence electrons. The van der Waals surface area contributed by atoms with Gasteiger partial charge in [-0.15, -0.1) is 11.7 Å². The second-order valence-corrected chi connectivity index (χ2v) is 5.01. The Kier molecular flexibility index (Phi) is 5.57.